The summed E-state index contributed by atoms with van der Waals surface area (Å²) in [7, 11) is 0. The molecule has 0 atom stereocenters. The molecule has 17 heavy (non-hydrogen) atoms. The Morgan fingerprint density at radius 1 is 1.41 bits per heavy atom. The maximum absolute atomic E-state index is 11.5. The minimum atomic E-state index is -0.863. The quantitative estimate of drug-likeness (QED) is 0.830. The summed E-state index contributed by atoms with van der Waals surface area (Å²) >= 11 is 7.10. The molecule has 1 aliphatic carbocycles. The molecular formula is C11H15ClN2O2S. The Bertz CT molecular complexity index is 400. The van der Waals surface area contributed by atoms with Crippen molar-refractivity contribution in [2.75, 3.05) is 5.32 Å². The van der Waals surface area contributed by atoms with Gasteiger partial charge in [0.1, 0.15) is 10.7 Å². The van der Waals surface area contributed by atoms with Gasteiger partial charge < -0.3 is 10.4 Å². The number of hydrogen-bond donors (Lipinski definition) is 2. The number of carboxylic acid groups (broad SMARTS) is 1. The summed E-state index contributed by atoms with van der Waals surface area (Å²) in [6.07, 6.45) is 5.40. The maximum atomic E-state index is 11.5. The van der Waals surface area contributed by atoms with Gasteiger partial charge in [0.15, 0.2) is 5.13 Å². The summed E-state index contributed by atoms with van der Waals surface area (Å²) in [5, 5.41) is 15.3. The first-order valence-corrected chi connectivity index (χ1v) is 7.01. The standard InChI is InChI=1S/C11H15ClN2O2S/c12-8-7-17-10(13-8)14-11(9(15)16)5-3-1-2-4-6-11/h7H,1-6H2,(H,13,14)(H,15,16). The molecule has 4 nitrogen and oxygen atoms in total. The van der Waals surface area contributed by atoms with E-state index in [1.165, 1.54) is 11.3 Å². The highest BCUT2D eigenvalue weighted by atomic mass is 35.5. The van der Waals surface area contributed by atoms with Crippen LogP contribution in [0.5, 0.6) is 0 Å². The Balaban J connectivity index is 2.18. The number of hydrogen-bond acceptors (Lipinski definition) is 4. The van der Waals surface area contributed by atoms with Crippen molar-refractivity contribution < 1.29 is 9.90 Å². The number of nitrogens with one attached hydrogen (secondary N) is 1. The van der Waals surface area contributed by atoms with Crippen molar-refractivity contribution in [3.8, 4) is 0 Å². The second-order valence-corrected chi connectivity index (χ2v) is 5.65. The lowest BCUT2D eigenvalue weighted by molar-refractivity contribution is -0.142. The summed E-state index contributed by atoms with van der Waals surface area (Å²) in [4.78, 5) is 15.6. The Kier molecular flexibility index (Phi) is 3.89. The van der Waals surface area contributed by atoms with Crippen LogP contribution in [0, 0.1) is 0 Å². The summed E-state index contributed by atoms with van der Waals surface area (Å²) in [6.45, 7) is 0. The van der Waals surface area contributed by atoms with Crippen molar-refractivity contribution in [3.05, 3.63) is 10.5 Å². The van der Waals surface area contributed by atoms with E-state index in [4.69, 9.17) is 11.6 Å². The van der Waals surface area contributed by atoms with Crippen LogP contribution in [0.2, 0.25) is 5.15 Å². The Labute approximate surface area is 109 Å². The van der Waals surface area contributed by atoms with Gasteiger partial charge in [-0.15, -0.1) is 11.3 Å². The molecule has 0 unspecified atom stereocenters. The number of carboxylic acids is 1. The molecule has 0 bridgehead atoms. The number of halogens is 1. The lowest BCUT2D eigenvalue weighted by atomic mass is 9.90. The normalized spacial score (nSPS) is 19.6. The molecular weight excluding hydrogens is 260 g/mol. The molecule has 1 aromatic rings. The van der Waals surface area contributed by atoms with Gasteiger partial charge in [-0.25, -0.2) is 9.78 Å². The summed E-state index contributed by atoms with van der Waals surface area (Å²) in [5.41, 5.74) is -0.863. The average Bonchev–Trinajstić information content (AvgIpc) is 2.54. The van der Waals surface area contributed by atoms with Gasteiger partial charge in [-0.3, -0.25) is 0 Å². The molecule has 0 aromatic carbocycles. The van der Waals surface area contributed by atoms with E-state index in [2.05, 4.69) is 10.3 Å². The van der Waals surface area contributed by atoms with Crippen LogP contribution in [0.1, 0.15) is 38.5 Å². The van der Waals surface area contributed by atoms with E-state index >= 15 is 0 Å². The molecule has 0 amide bonds. The average molecular weight is 275 g/mol. The number of anilines is 1. The molecule has 0 saturated heterocycles. The Morgan fingerprint density at radius 3 is 2.53 bits per heavy atom. The van der Waals surface area contributed by atoms with Crippen LogP contribution in [0.3, 0.4) is 0 Å². The van der Waals surface area contributed by atoms with Crippen molar-refractivity contribution in [1.82, 2.24) is 4.98 Å². The van der Waals surface area contributed by atoms with Crippen LogP contribution in [-0.4, -0.2) is 21.6 Å². The lowest BCUT2D eigenvalue weighted by Crippen LogP contribution is -2.45. The van der Waals surface area contributed by atoms with Crippen molar-refractivity contribution in [3.63, 3.8) is 0 Å². The second-order valence-electron chi connectivity index (χ2n) is 4.40. The molecule has 0 spiro atoms. The summed E-state index contributed by atoms with van der Waals surface area (Å²) in [5.74, 6) is -0.786. The SMILES string of the molecule is O=C(O)C1(Nc2nc(Cl)cs2)CCCCCC1. The zero-order valence-corrected chi connectivity index (χ0v) is 11.0. The molecule has 1 aromatic heterocycles. The minimum Gasteiger partial charge on any atom is -0.480 e. The first-order valence-electron chi connectivity index (χ1n) is 5.75. The van der Waals surface area contributed by atoms with Gasteiger partial charge in [0.2, 0.25) is 0 Å². The number of thiazole rings is 1. The first kappa shape index (κ1) is 12.6. The van der Waals surface area contributed by atoms with Gasteiger partial charge in [0.05, 0.1) is 0 Å². The summed E-state index contributed by atoms with van der Waals surface area (Å²) < 4.78 is 0. The van der Waals surface area contributed by atoms with Gasteiger partial charge in [0, 0.05) is 5.38 Å². The predicted molar refractivity (Wildman–Crippen MR) is 68.8 cm³/mol. The molecule has 0 radical (unpaired) electrons. The molecule has 2 rings (SSSR count). The van der Waals surface area contributed by atoms with Crippen molar-refractivity contribution in [2.45, 2.75) is 44.1 Å². The van der Waals surface area contributed by atoms with E-state index < -0.39 is 11.5 Å². The van der Waals surface area contributed by atoms with E-state index in [9.17, 15) is 9.90 Å². The van der Waals surface area contributed by atoms with Crippen LogP contribution < -0.4 is 5.32 Å². The fourth-order valence-electron chi connectivity index (χ4n) is 2.24. The molecule has 2 N–H and O–H groups in total. The fourth-order valence-corrected chi connectivity index (χ4v) is 3.18. The van der Waals surface area contributed by atoms with E-state index in [0.29, 0.717) is 23.1 Å². The second kappa shape index (κ2) is 5.23. The Morgan fingerprint density at radius 2 is 2.06 bits per heavy atom. The van der Waals surface area contributed by atoms with Crippen LogP contribution in [0.15, 0.2) is 5.38 Å². The lowest BCUT2D eigenvalue weighted by Gasteiger charge is -2.28. The van der Waals surface area contributed by atoms with Crippen LogP contribution in [-0.2, 0) is 4.79 Å². The number of rotatable bonds is 3. The maximum Gasteiger partial charge on any atom is 0.329 e. The third-order valence-electron chi connectivity index (χ3n) is 3.19. The Hall–Kier alpha value is -0.810. The van der Waals surface area contributed by atoms with Crippen LogP contribution in [0.25, 0.3) is 0 Å². The van der Waals surface area contributed by atoms with E-state index in [1.54, 1.807) is 5.38 Å². The molecule has 0 aliphatic heterocycles. The minimum absolute atomic E-state index is 0.409. The molecule has 1 heterocycles. The topological polar surface area (TPSA) is 62.2 Å². The van der Waals surface area contributed by atoms with Crippen LogP contribution >= 0.6 is 22.9 Å². The van der Waals surface area contributed by atoms with Gasteiger partial charge in [0.25, 0.3) is 0 Å². The van der Waals surface area contributed by atoms with E-state index in [0.717, 1.165) is 25.7 Å². The van der Waals surface area contributed by atoms with E-state index in [1.807, 2.05) is 0 Å². The fraction of sp³-hybridized carbons (Fsp3) is 0.636. The monoisotopic (exact) mass is 274 g/mol. The molecule has 1 fully saturated rings. The highest BCUT2D eigenvalue weighted by Gasteiger charge is 2.39. The third-order valence-corrected chi connectivity index (χ3v) is 4.27. The van der Waals surface area contributed by atoms with E-state index in [-0.39, 0.29) is 0 Å². The highest BCUT2D eigenvalue weighted by molar-refractivity contribution is 7.14. The molecule has 1 saturated carbocycles. The first-order chi connectivity index (χ1) is 8.12. The predicted octanol–water partition coefficient (Wildman–Crippen LogP) is 3.39. The number of aromatic nitrogens is 1. The smallest absolute Gasteiger partial charge is 0.329 e. The molecule has 1 aliphatic rings. The zero-order valence-electron chi connectivity index (χ0n) is 9.41. The number of aliphatic carboxylic acids is 1. The molecule has 94 valence electrons. The van der Waals surface area contributed by atoms with Crippen molar-refractivity contribution in [1.29, 1.82) is 0 Å². The van der Waals surface area contributed by atoms with Gasteiger partial charge in [-0.05, 0) is 12.8 Å². The zero-order chi connectivity index (χ0) is 12.3. The summed E-state index contributed by atoms with van der Waals surface area (Å²) in [6, 6.07) is 0. The molecule has 6 heteroatoms. The van der Waals surface area contributed by atoms with Crippen molar-refractivity contribution in [2.24, 2.45) is 0 Å². The number of nitrogens with zero attached hydrogens (tertiary/aromatic N) is 1. The van der Waals surface area contributed by atoms with Crippen LogP contribution in [0.4, 0.5) is 5.13 Å². The van der Waals surface area contributed by atoms with Gasteiger partial charge in [-0.1, -0.05) is 37.3 Å². The largest absolute Gasteiger partial charge is 0.480 e. The van der Waals surface area contributed by atoms with Crippen molar-refractivity contribution >= 4 is 34.0 Å². The van der Waals surface area contributed by atoms with Gasteiger partial charge in [-0.2, -0.15) is 0 Å². The third kappa shape index (κ3) is 2.90. The highest BCUT2D eigenvalue weighted by Crippen LogP contribution is 2.32. The number of carbonyl (C=O) groups is 1. The van der Waals surface area contributed by atoms with Gasteiger partial charge >= 0.3 is 5.97 Å².